The molecule has 0 aliphatic rings. The van der Waals surface area contributed by atoms with Gasteiger partial charge in [-0.2, -0.15) is 0 Å². The molecule has 4 nitrogen and oxygen atoms in total. The second-order valence-corrected chi connectivity index (χ2v) is 13.7. The van der Waals surface area contributed by atoms with Crippen molar-refractivity contribution in [2.75, 3.05) is 0 Å². The number of nitrogens with zero attached hydrogens (tertiary/aromatic N) is 4. The standard InChI is InChI=1S/C49H32N4/c1-2-15-33(16-3-1)49-50-43-23-8-13-28-48(43)53(49)36-18-14-17-34(29-36)35-30-37(51-44-24-9-4-19-39(44)40-20-5-10-25-45(40)51)32-38(31-35)52-46-26-11-6-21-41(46)42-22-7-12-27-47(42)52/h1-32H. The van der Waals surface area contributed by atoms with Crippen LogP contribution in [-0.4, -0.2) is 18.7 Å². The molecule has 3 heterocycles. The highest BCUT2D eigenvalue weighted by Crippen LogP contribution is 2.38. The summed E-state index contributed by atoms with van der Waals surface area (Å²) in [6, 6.07) is 69.7. The summed E-state index contributed by atoms with van der Waals surface area (Å²) in [5.74, 6) is 0.925. The van der Waals surface area contributed by atoms with Crippen LogP contribution in [0.4, 0.5) is 0 Å². The van der Waals surface area contributed by atoms with Crippen molar-refractivity contribution in [1.29, 1.82) is 0 Å². The largest absolute Gasteiger partial charge is 0.309 e. The van der Waals surface area contributed by atoms with Gasteiger partial charge >= 0.3 is 0 Å². The predicted octanol–water partition coefficient (Wildman–Crippen LogP) is 12.6. The summed E-state index contributed by atoms with van der Waals surface area (Å²) in [5, 5.41) is 4.98. The molecule has 0 aliphatic carbocycles. The first-order chi connectivity index (χ1) is 26.3. The highest BCUT2D eigenvalue weighted by atomic mass is 15.1. The SMILES string of the molecule is c1ccc(-c2nc3ccccc3n2-c2cccc(-c3cc(-n4c5ccccc5c5ccccc54)cc(-n4c5ccccc5c5ccccc54)c3)c2)cc1. The zero-order chi connectivity index (χ0) is 34.9. The van der Waals surface area contributed by atoms with Gasteiger partial charge in [-0.05, 0) is 77.9 Å². The number of fused-ring (bicyclic) bond motifs is 7. The van der Waals surface area contributed by atoms with E-state index in [1.54, 1.807) is 0 Å². The first kappa shape index (κ1) is 29.5. The molecule has 0 amide bonds. The Morgan fingerprint density at radius 3 is 1.26 bits per heavy atom. The van der Waals surface area contributed by atoms with Crippen LogP contribution < -0.4 is 0 Å². The fraction of sp³-hybridized carbons (Fsp3) is 0. The van der Waals surface area contributed by atoms with Gasteiger partial charge in [0.05, 0.1) is 33.1 Å². The highest BCUT2D eigenvalue weighted by Gasteiger charge is 2.19. The number of imidazole rings is 1. The van der Waals surface area contributed by atoms with Gasteiger partial charge in [0, 0.05) is 44.2 Å². The Morgan fingerprint density at radius 1 is 0.283 bits per heavy atom. The maximum atomic E-state index is 5.13. The molecule has 0 radical (unpaired) electrons. The van der Waals surface area contributed by atoms with E-state index in [0.29, 0.717) is 0 Å². The molecule has 0 saturated carbocycles. The van der Waals surface area contributed by atoms with Crippen molar-refractivity contribution in [2.45, 2.75) is 0 Å². The minimum absolute atomic E-state index is 0.925. The van der Waals surface area contributed by atoms with E-state index in [4.69, 9.17) is 4.98 Å². The first-order valence-electron chi connectivity index (χ1n) is 18.1. The number of hydrogen-bond donors (Lipinski definition) is 0. The smallest absolute Gasteiger partial charge is 0.145 e. The third-order valence-corrected chi connectivity index (χ3v) is 10.6. The van der Waals surface area contributed by atoms with Crippen LogP contribution in [0.25, 0.3) is 94.2 Å². The zero-order valence-corrected chi connectivity index (χ0v) is 28.8. The lowest BCUT2D eigenvalue weighted by Gasteiger charge is -2.17. The molecule has 11 aromatic rings. The molecule has 53 heavy (non-hydrogen) atoms. The van der Waals surface area contributed by atoms with Gasteiger partial charge in [0.15, 0.2) is 0 Å². The highest BCUT2D eigenvalue weighted by molar-refractivity contribution is 6.10. The topological polar surface area (TPSA) is 27.7 Å². The Balaban J connectivity index is 1.20. The lowest BCUT2D eigenvalue weighted by Crippen LogP contribution is -2.01. The fourth-order valence-electron chi connectivity index (χ4n) is 8.31. The molecule has 0 fully saturated rings. The Hall–Kier alpha value is -7.17. The minimum Gasteiger partial charge on any atom is -0.309 e. The van der Waals surface area contributed by atoms with Crippen LogP contribution in [0.15, 0.2) is 194 Å². The van der Waals surface area contributed by atoms with Crippen molar-refractivity contribution < 1.29 is 0 Å². The minimum atomic E-state index is 0.925. The number of aromatic nitrogens is 4. The summed E-state index contributed by atoms with van der Waals surface area (Å²) in [4.78, 5) is 5.13. The summed E-state index contributed by atoms with van der Waals surface area (Å²) in [6.07, 6.45) is 0. The van der Waals surface area contributed by atoms with Crippen molar-refractivity contribution in [1.82, 2.24) is 18.7 Å². The summed E-state index contributed by atoms with van der Waals surface area (Å²) < 4.78 is 7.14. The van der Waals surface area contributed by atoms with E-state index in [9.17, 15) is 0 Å². The zero-order valence-electron chi connectivity index (χ0n) is 28.8. The van der Waals surface area contributed by atoms with Crippen LogP contribution in [0.5, 0.6) is 0 Å². The molecule has 0 aliphatic heterocycles. The van der Waals surface area contributed by atoms with Crippen LogP contribution in [0.2, 0.25) is 0 Å². The second-order valence-electron chi connectivity index (χ2n) is 13.7. The van der Waals surface area contributed by atoms with Crippen molar-refractivity contribution in [3.05, 3.63) is 194 Å². The molecule has 0 unspecified atom stereocenters. The molecular formula is C49H32N4. The van der Waals surface area contributed by atoms with Gasteiger partial charge in [0.25, 0.3) is 0 Å². The predicted molar refractivity (Wildman–Crippen MR) is 221 cm³/mol. The third-order valence-electron chi connectivity index (χ3n) is 10.6. The molecule has 0 spiro atoms. The van der Waals surface area contributed by atoms with Crippen LogP contribution in [-0.2, 0) is 0 Å². The molecular weight excluding hydrogens is 645 g/mol. The Bertz CT molecular complexity index is 2940. The monoisotopic (exact) mass is 676 g/mol. The summed E-state index contributed by atoms with van der Waals surface area (Å²) >= 11 is 0. The van der Waals surface area contributed by atoms with Crippen molar-refractivity contribution >= 4 is 54.6 Å². The molecule has 8 aromatic carbocycles. The molecule has 0 bridgehead atoms. The molecule has 248 valence electrons. The third kappa shape index (κ3) is 4.59. The molecule has 0 atom stereocenters. The van der Waals surface area contributed by atoms with E-state index < -0.39 is 0 Å². The Morgan fingerprint density at radius 2 is 0.717 bits per heavy atom. The van der Waals surface area contributed by atoms with Gasteiger partial charge in [0.2, 0.25) is 0 Å². The Kier molecular flexibility index (Phi) is 6.52. The van der Waals surface area contributed by atoms with Crippen molar-refractivity contribution in [2.24, 2.45) is 0 Å². The van der Waals surface area contributed by atoms with E-state index in [-0.39, 0.29) is 0 Å². The van der Waals surface area contributed by atoms with E-state index in [1.807, 2.05) is 0 Å². The number of benzene rings is 8. The lowest BCUT2D eigenvalue weighted by molar-refractivity contribution is 1.10. The maximum Gasteiger partial charge on any atom is 0.145 e. The van der Waals surface area contributed by atoms with Crippen LogP contribution in [0.3, 0.4) is 0 Å². The van der Waals surface area contributed by atoms with Gasteiger partial charge in [-0.1, -0.05) is 127 Å². The quantitative estimate of drug-likeness (QED) is 0.178. The van der Waals surface area contributed by atoms with E-state index in [2.05, 4.69) is 208 Å². The second kappa shape index (κ2) is 11.7. The van der Waals surface area contributed by atoms with Crippen molar-refractivity contribution in [3.8, 4) is 39.6 Å². The molecule has 11 rings (SSSR count). The van der Waals surface area contributed by atoms with Gasteiger partial charge in [0.1, 0.15) is 5.82 Å². The van der Waals surface area contributed by atoms with Gasteiger partial charge < -0.3 is 9.13 Å². The van der Waals surface area contributed by atoms with Crippen LogP contribution >= 0.6 is 0 Å². The van der Waals surface area contributed by atoms with Gasteiger partial charge in [-0.25, -0.2) is 4.98 Å². The average molecular weight is 677 g/mol. The van der Waals surface area contributed by atoms with E-state index in [0.717, 1.165) is 50.6 Å². The van der Waals surface area contributed by atoms with Crippen LogP contribution in [0, 0.1) is 0 Å². The lowest BCUT2D eigenvalue weighted by atomic mass is 10.0. The number of para-hydroxylation sites is 6. The van der Waals surface area contributed by atoms with E-state index >= 15 is 0 Å². The first-order valence-corrected chi connectivity index (χ1v) is 18.1. The van der Waals surface area contributed by atoms with Crippen LogP contribution in [0.1, 0.15) is 0 Å². The van der Waals surface area contributed by atoms with Gasteiger partial charge in [-0.3, -0.25) is 4.57 Å². The molecule has 0 saturated heterocycles. The maximum absolute atomic E-state index is 5.13. The van der Waals surface area contributed by atoms with E-state index in [1.165, 1.54) is 43.6 Å². The summed E-state index contributed by atoms with van der Waals surface area (Å²) in [5.41, 5.74) is 13.4. The number of rotatable bonds is 5. The molecule has 0 N–H and O–H groups in total. The fourth-order valence-corrected chi connectivity index (χ4v) is 8.31. The normalized spacial score (nSPS) is 11.8. The average Bonchev–Trinajstić information content (AvgIpc) is 3.89. The van der Waals surface area contributed by atoms with Crippen molar-refractivity contribution in [3.63, 3.8) is 0 Å². The summed E-state index contributed by atoms with van der Waals surface area (Å²) in [7, 11) is 0. The Labute approximate surface area is 306 Å². The number of hydrogen-bond acceptors (Lipinski definition) is 1. The molecule has 3 aromatic heterocycles. The molecule has 4 heteroatoms. The summed E-state index contributed by atoms with van der Waals surface area (Å²) in [6.45, 7) is 0. The van der Waals surface area contributed by atoms with Gasteiger partial charge in [-0.15, -0.1) is 0 Å².